The second-order valence-electron chi connectivity index (χ2n) is 6.51. The highest BCUT2D eigenvalue weighted by Crippen LogP contribution is 2.35. The fourth-order valence-corrected chi connectivity index (χ4v) is 3.60. The van der Waals surface area contributed by atoms with E-state index in [0.717, 1.165) is 17.0 Å². The van der Waals surface area contributed by atoms with Crippen LogP contribution >= 0.6 is 11.3 Å². The number of amides is 1. The summed E-state index contributed by atoms with van der Waals surface area (Å²) in [7, 11) is 0. The number of ether oxygens (including phenoxy) is 2. The minimum Gasteiger partial charge on any atom is -0.486 e. The number of nitrogens with one attached hydrogen (secondary N) is 1. The average Bonchev–Trinajstić information content (AvgIpc) is 3.28. The SMILES string of the molecule is Cc1noc(C(C)C)c1C(=O)Nc1nc(-c2ccc3c(c2)OCCO3)cs1. The zero-order chi connectivity index (χ0) is 19.0. The standard InChI is InChI=1S/C19H19N3O4S/c1-10(2)17-16(11(3)22-26-17)18(23)21-19-20-13(9-27-19)12-4-5-14-15(8-12)25-7-6-24-14/h4-5,8-10H,6-7H2,1-3H3,(H,20,21,23). The minimum absolute atomic E-state index is 0.0662. The Morgan fingerprint density at radius 2 is 2.00 bits per heavy atom. The third-order valence-electron chi connectivity index (χ3n) is 4.20. The van der Waals surface area contributed by atoms with Crippen LogP contribution in [0.2, 0.25) is 0 Å². The molecule has 1 aliphatic rings. The minimum atomic E-state index is -0.263. The molecule has 140 valence electrons. The molecule has 0 spiro atoms. The molecule has 0 unspecified atom stereocenters. The van der Waals surface area contributed by atoms with Crippen molar-refractivity contribution in [3.8, 4) is 22.8 Å². The topological polar surface area (TPSA) is 86.5 Å². The second kappa shape index (κ2) is 7.03. The molecule has 3 aromatic rings. The van der Waals surface area contributed by atoms with Crippen molar-refractivity contribution in [1.82, 2.24) is 10.1 Å². The number of anilines is 1. The number of nitrogens with zero attached hydrogens (tertiary/aromatic N) is 2. The van der Waals surface area contributed by atoms with Gasteiger partial charge in [-0.15, -0.1) is 11.3 Å². The molecular formula is C19H19N3O4S. The fourth-order valence-electron chi connectivity index (χ4n) is 2.88. The zero-order valence-electron chi connectivity index (χ0n) is 15.2. The molecule has 0 aliphatic carbocycles. The Morgan fingerprint density at radius 1 is 1.22 bits per heavy atom. The summed E-state index contributed by atoms with van der Waals surface area (Å²) in [5.41, 5.74) is 2.71. The number of carbonyl (C=O) groups excluding carboxylic acids is 1. The first kappa shape index (κ1) is 17.5. The van der Waals surface area contributed by atoms with Gasteiger partial charge in [-0.05, 0) is 25.1 Å². The predicted molar refractivity (Wildman–Crippen MR) is 102 cm³/mol. The van der Waals surface area contributed by atoms with E-state index in [1.54, 1.807) is 6.92 Å². The molecule has 27 heavy (non-hydrogen) atoms. The van der Waals surface area contributed by atoms with Crippen molar-refractivity contribution in [3.63, 3.8) is 0 Å². The molecule has 0 fully saturated rings. The van der Waals surface area contributed by atoms with E-state index < -0.39 is 0 Å². The Morgan fingerprint density at radius 3 is 2.78 bits per heavy atom. The molecule has 0 atom stereocenters. The lowest BCUT2D eigenvalue weighted by atomic mass is 10.0. The number of thiazole rings is 1. The number of hydrogen-bond acceptors (Lipinski definition) is 7. The van der Waals surface area contributed by atoms with Crippen LogP contribution in [-0.2, 0) is 0 Å². The number of benzene rings is 1. The maximum Gasteiger partial charge on any atom is 0.262 e. The lowest BCUT2D eigenvalue weighted by Gasteiger charge is -2.18. The van der Waals surface area contributed by atoms with E-state index in [9.17, 15) is 4.79 Å². The Kier molecular flexibility index (Phi) is 4.57. The van der Waals surface area contributed by atoms with Gasteiger partial charge in [0.1, 0.15) is 18.8 Å². The molecule has 2 aromatic heterocycles. The normalized spacial score (nSPS) is 13.0. The van der Waals surface area contributed by atoms with Gasteiger partial charge in [0.05, 0.1) is 11.4 Å². The molecule has 3 heterocycles. The largest absolute Gasteiger partial charge is 0.486 e. The van der Waals surface area contributed by atoms with E-state index in [4.69, 9.17) is 14.0 Å². The summed E-state index contributed by atoms with van der Waals surface area (Å²) in [6.07, 6.45) is 0. The first-order valence-electron chi connectivity index (χ1n) is 8.66. The van der Waals surface area contributed by atoms with Gasteiger partial charge in [0.2, 0.25) is 0 Å². The average molecular weight is 385 g/mol. The van der Waals surface area contributed by atoms with Gasteiger partial charge in [-0.2, -0.15) is 0 Å². The maximum atomic E-state index is 12.7. The molecule has 0 saturated carbocycles. The van der Waals surface area contributed by atoms with Crippen molar-refractivity contribution in [1.29, 1.82) is 0 Å². The lowest BCUT2D eigenvalue weighted by molar-refractivity contribution is 0.102. The van der Waals surface area contributed by atoms with E-state index in [2.05, 4.69) is 15.5 Å². The first-order chi connectivity index (χ1) is 13.0. The highest BCUT2D eigenvalue weighted by atomic mass is 32.1. The van der Waals surface area contributed by atoms with Crippen molar-refractivity contribution >= 4 is 22.4 Å². The van der Waals surface area contributed by atoms with Crippen LogP contribution in [0.25, 0.3) is 11.3 Å². The van der Waals surface area contributed by atoms with Crippen LogP contribution in [0.15, 0.2) is 28.1 Å². The third-order valence-corrected chi connectivity index (χ3v) is 4.96. The molecule has 1 amide bonds. The van der Waals surface area contributed by atoms with Crippen molar-refractivity contribution in [3.05, 3.63) is 40.6 Å². The number of carbonyl (C=O) groups is 1. The quantitative estimate of drug-likeness (QED) is 0.722. The Labute approximate surface area is 160 Å². The summed E-state index contributed by atoms with van der Waals surface area (Å²) in [5, 5.41) is 9.17. The first-order valence-corrected chi connectivity index (χ1v) is 9.54. The summed E-state index contributed by atoms with van der Waals surface area (Å²) < 4.78 is 16.4. The van der Waals surface area contributed by atoms with Gasteiger partial charge in [-0.3, -0.25) is 10.1 Å². The summed E-state index contributed by atoms with van der Waals surface area (Å²) in [4.78, 5) is 17.2. The van der Waals surface area contributed by atoms with Crippen molar-refractivity contribution in [2.45, 2.75) is 26.7 Å². The molecule has 8 heteroatoms. The molecule has 7 nitrogen and oxygen atoms in total. The number of fused-ring (bicyclic) bond motifs is 1. The zero-order valence-corrected chi connectivity index (χ0v) is 16.1. The molecular weight excluding hydrogens is 366 g/mol. The van der Waals surface area contributed by atoms with Gasteiger partial charge < -0.3 is 14.0 Å². The van der Waals surface area contributed by atoms with Crippen LogP contribution in [0.3, 0.4) is 0 Å². The lowest BCUT2D eigenvalue weighted by Crippen LogP contribution is -2.15. The second-order valence-corrected chi connectivity index (χ2v) is 7.37. The molecule has 0 radical (unpaired) electrons. The van der Waals surface area contributed by atoms with Crippen LogP contribution < -0.4 is 14.8 Å². The van der Waals surface area contributed by atoms with E-state index in [1.807, 2.05) is 37.4 Å². The number of aryl methyl sites for hydroxylation is 1. The molecule has 0 bridgehead atoms. The molecule has 1 aromatic carbocycles. The van der Waals surface area contributed by atoms with E-state index in [0.29, 0.717) is 41.1 Å². The monoisotopic (exact) mass is 385 g/mol. The van der Waals surface area contributed by atoms with Crippen LogP contribution in [0.1, 0.15) is 41.6 Å². The van der Waals surface area contributed by atoms with Gasteiger partial charge in [-0.25, -0.2) is 4.98 Å². The fraction of sp³-hybridized carbons (Fsp3) is 0.316. The Bertz CT molecular complexity index is 993. The maximum absolute atomic E-state index is 12.7. The summed E-state index contributed by atoms with van der Waals surface area (Å²) in [6, 6.07) is 5.70. The molecule has 4 rings (SSSR count). The summed E-state index contributed by atoms with van der Waals surface area (Å²) in [5.74, 6) is 1.82. The molecule has 1 N–H and O–H groups in total. The van der Waals surface area contributed by atoms with Crippen LogP contribution in [-0.4, -0.2) is 29.3 Å². The predicted octanol–water partition coefficient (Wildman–Crippen LogP) is 4.25. The van der Waals surface area contributed by atoms with Gasteiger partial charge in [-0.1, -0.05) is 19.0 Å². The number of hydrogen-bond donors (Lipinski definition) is 1. The van der Waals surface area contributed by atoms with Gasteiger partial charge >= 0.3 is 0 Å². The highest BCUT2D eigenvalue weighted by Gasteiger charge is 2.23. The Hall–Kier alpha value is -2.87. The van der Waals surface area contributed by atoms with Crippen molar-refractivity contribution in [2.24, 2.45) is 0 Å². The van der Waals surface area contributed by atoms with Crippen molar-refractivity contribution in [2.75, 3.05) is 18.5 Å². The molecule has 1 aliphatic heterocycles. The van der Waals surface area contributed by atoms with Gasteiger partial charge in [0.15, 0.2) is 22.4 Å². The Balaban J connectivity index is 1.55. The van der Waals surface area contributed by atoms with Crippen LogP contribution in [0.5, 0.6) is 11.5 Å². The van der Waals surface area contributed by atoms with Crippen LogP contribution in [0.4, 0.5) is 5.13 Å². The molecule has 0 saturated heterocycles. The third kappa shape index (κ3) is 3.40. The van der Waals surface area contributed by atoms with E-state index in [1.165, 1.54) is 11.3 Å². The van der Waals surface area contributed by atoms with Crippen molar-refractivity contribution < 1.29 is 18.8 Å². The number of aromatic nitrogens is 2. The van der Waals surface area contributed by atoms with E-state index in [-0.39, 0.29) is 11.8 Å². The van der Waals surface area contributed by atoms with E-state index >= 15 is 0 Å². The highest BCUT2D eigenvalue weighted by molar-refractivity contribution is 7.14. The smallest absolute Gasteiger partial charge is 0.262 e. The van der Waals surface area contributed by atoms with Crippen LogP contribution in [0, 0.1) is 6.92 Å². The summed E-state index contributed by atoms with van der Waals surface area (Å²) in [6.45, 7) is 6.76. The summed E-state index contributed by atoms with van der Waals surface area (Å²) >= 11 is 1.36. The van der Waals surface area contributed by atoms with Gasteiger partial charge in [0.25, 0.3) is 5.91 Å². The number of rotatable bonds is 4. The van der Waals surface area contributed by atoms with Gasteiger partial charge in [0, 0.05) is 16.9 Å².